The molecule has 0 fully saturated rings. The van der Waals surface area contributed by atoms with E-state index in [1.54, 1.807) is 30.5 Å². The molecule has 0 aliphatic heterocycles. The predicted octanol–water partition coefficient (Wildman–Crippen LogP) is 4.59. The Balaban J connectivity index is 1.80. The van der Waals surface area contributed by atoms with Gasteiger partial charge in [-0.15, -0.1) is 0 Å². The van der Waals surface area contributed by atoms with Crippen molar-refractivity contribution in [1.29, 1.82) is 5.26 Å². The van der Waals surface area contributed by atoms with Gasteiger partial charge in [-0.05, 0) is 37.1 Å². The molecule has 3 aromatic rings. The number of nitrogens with zero attached hydrogens (tertiary/aromatic N) is 3. The molecule has 1 atom stereocenters. The summed E-state index contributed by atoms with van der Waals surface area (Å²) >= 11 is 6.27. The summed E-state index contributed by atoms with van der Waals surface area (Å²) in [4.78, 5) is 19.1. The van der Waals surface area contributed by atoms with E-state index in [-0.39, 0.29) is 23.3 Å². The number of ether oxygens (including phenoxy) is 1. The van der Waals surface area contributed by atoms with Crippen molar-refractivity contribution in [3.8, 4) is 23.1 Å². The van der Waals surface area contributed by atoms with E-state index in [0.717, 1.165) is 12.0 Å². The third-order valence-electron chi connectivity index (χ3n) is 4.32. The summed E-state index contributed by atoms with van der Waals surface area (Å²) in [5.74, 6) is 0.735. The number of nitriles is 1. The molecule has 0 saturated carbocycles. The third-order valence-corrected chi connectivity index (χ3v) is 4.62. The Bertz CT molecular complexity index is 1150. The Morgan fingerprint density at radius 3 is 2.77 bits per heavy atom. The molecule has 152 valence electrons. The average Bonchev–Trinajstić information content (AvgIpc) is 2.75. The average molecular weight is 422 g/mol. The summed E-state index contributed by atoms with van der Waals surface area (Å²) < 4.78 is 5.75. The molecule has 1 unspecified atom stereocenters. The Labute approximate surface area is 179 Å². The highest BCUT2D eigenvalue weighted by atomic mass is 35.5. The van der Waals surface area contributed by atoms with Gasteiger partial charge in [0.2, 0.25) is 5.95 Å². The van der Waals surface area contributed by atoms with Crippen LogP contribution in [-0.2, 0) is 0 Å². The number of nitrogens with one attached hydrogen (secondary N) is 2. The lowest BCUT2D eigenvalue weighted by atomic mass is 10.1. The molecule has 1 heterocycles. The minimum atomic E-state index is -0.543. The zero-order valence-electron chi connectivity index (χ0n) is 16.5. The van der Waals surface area contributed by atoms with Crippen molar-refractivity contribution in [1.82, 2.24) is 9.97 Å². The summed E-state index contributed by atoms with van der Waals surface area (Å²) in [5.41, 5.74) is 3.78. The van der Waals surface area contributed by atoms with Gasteiger partial charge in [0, 0.05) is 5.56 Å². The number of aromatic nitrogens is 2. The van der Waals surface area contributed by atoms with Gasteiger partial charge in [-0.25, -0.2) is 10.4 Å². The quantitative estimate of drug-likeness (QED) is 0.429. The fraction of sp³-hybridized carbons (Fsp3) is 0.182. The van der Waals surface area contributed by atoms with Crippen LogP contribution in [0.5, 0.6) is 5.75 Å². The molecule has 0 aliphatic carbocycles. The first-order valence-corrected chi connectivity index (χ1v) is 9.74. The van der Waals surface area contributed by atoms with E-state index in [1.807, 2.05) is 44.2 Å². The van der Waals surface area contributed by atoms with Gasteiger partial charge in [0.1, 0.15) is 17.4 Å². The predicted molar refractivity (Wildman–Crippen MR) is 118 cm³/mol. The summed E-state index contributed by atoms with van der Waals surface area (Å²) in [6.45, 7) is 4.01. The van der Waals surface area contributed by atoms with Gasteiger partial charge < -0.3 is 4.74 Å². The number of rotatable bonds is 7. The summed E-state index contributed by atoms with van der Waals surface area (Å²) in [5, 5.41) is 13.9. The van der Waals surface area contributed by atoms with Gasteiger partial charge in [0.15, 0.2) is 0 Å². The molecule has 3 rings (SSSR count). The van der Waals surface area contributed by atoms with E-state index >= 15 is 0 Å². The van der Waals surface area contributed by atoms with Crippen molar-refractivity contribution >= 4 is 23.8 Å². The molecule has 0 saturated heterocycles. The number of H-pyrrole nitrogens is 1. The number of hydrogen-bond acceptors (Lipinski definition) is 6. The molecule has 0 radical (unpaired) electrons. The fourth-order valence-electron chi connectivity index (χ4n) is 2.60. The molecule has 1 aromatic heterocycles. The third kappa shape index (κ3) is 5.04. The van der Waals surface area contributed by atoms with Gasteiger partial charge in [-0.1, -0.05) is 48.9 Å². The van der Waals surface area contributed by atoms with Gasteiger partial charge >= 0.3 is 0 Å². The second kappa shape index (κ2) is 9.72. The number of anilines is 1. The SMILES string of the molecule is CCC(C)Oc1ccc(C=NNc2nc(-c3ccccc3)c(C#N)c(=O)[nH]2)cc1Cl. The Morgan fingerprint density at radius 2 is 2.10 bits per heavy atom. The van der Waals surface area contributed by atoms with Crippen LogP contribution in [0.25, 0.3) is 11.3 Å². The van der Waals surface area contributed by atoms with Crippen LogP contribution in [0.15, 0.2) is 58.4 Å². The van der Waals surface area contributed by atoms with E-state index in [9.17, 15) is 10.1 Å². The molecule has 0 aliphatic rings. The van der Waals surface area contributed by atoms with Gasteiger partial charge in [-0.2, -0.15) is 10.4 Å². The van der Waals surface area contributed by atoms with E-state index in [0.29, 0.717) is 16.3 Å². The zero-order chi connectivity index (χ0) is 21.5. The molecule has 2 aromatic carbocycles. The molecular weight excluding hydrogens is 402 g/mol. The van der Waals surface area contributed by atoms with E-state index in [2.05, 4.69) is 20.5 Å². The molecule has 0 spiro atoms. The van der Waals surface area contributed by atoms with Gasteiger partial charge in [-0.3, -0.25) is 9.78 Å². The highest BCUT2D eigenvalue weighted by Crippen LogP contribution is 2.26. The van der Waals surface area contributed by atoms with Crippen LogP contribution in [0.1, 0.15) is 31.4 Å². The molecule has 0 amide bonds. The lowest BCUT2D eigenvalue weighted by Gasteiger charge is -2.13. The highest BCUT2D eigenvalue weighted by molar-refractivity contribution is 6.32. The van der Waals surface area contributed by atoms with E-state index in [4.69, 9.17) is 16.3 Å². The molecule has 8 heteroatoms. The summed E-state index contributed by atoms with van der Waals surface area (Å²) in [7, 11) is 0. The molecule has 2 N–H and O–H groups in total. The van der Waals surface area contributed by atoms with Crippen LogP contribution in [0.4, 0.5) is 5.95 Å². The van der Waals surface area contributed by atoms with Crippen LogP contribution in [0.2, 0.25) is 5.02 Å². The highest BCUT2D eigenvalue weighted by Gasteiger charge is 2.13. The first-order chi connectivity index (χ1) is 14.5. The maximum atomic E-state index is 12.3. The van der Waals surface area contributed by atoms with Crippen molar-refractivity contribution < 1.29 is 4.74 Å². The topological polar surface area (TPSA) is 103 Å². The normalized spacial score (nSPS) is 11.8. The van der Waals surface area contributed by atoms with Crippen LogP contribution in [-0.4, -0.2) is 22.3 Å². The van der Waals surface area contributed by atoms with Crippen molar-refractivity contribution in [2.24, 2.45) is 5.10 Å². The zero-order valence-corrected chi connectivity index (χ0v) is 17.3. The summed E-state index contributed by atoms with van der Waals surface area (Å²) in [6, 6.07) is 16.3. The fourth-order valence-corrected chi connectivity index (χ4v) is 2.83. The monoisotopic (exact) mass is 421 g/mol. The maximum absolute atomic E-state index is 12.3. The van der Waals surface area contributed by atoms with Crippen LogP contribution in [0.3, 0.4) is 0 Å². The van der Waals surface area contributed by atoms with Crippen molar-refractivity contribution in [2.75, 3.05) is 5.43 Å². The second-order valence-corrected chi connectivity index (χ2v) is 6.92. The number of hydrazone groups is 1. The number of hydrogen-bond donors (Lipinski definition) is 2. The summed E-state index contributed by atoms with van der Waals surface area (Å²) in [6.07, 6.45) is 2.49. The minimum Gasteiger partial charge on any atom is -0.489 e. The van der Waals surface area contributed by atoms with Crippen LogP contribution >= 0.6 is 11.6 Å². The number of benzene rings is 2. The Hall–Kier alpha value is -3.63. The lowest BCUT2D eigenvalue weighted by Crippen LogP contribution is -2.16. The minimum absolute atomic E-state index is 0.0561. The molecule has 7 nitrogen and oxygen atoms in total. The van der Waals surface area contributed by atoms with Crippen molar-refractivity contribution in [3.63, 3.8) is 0 Å². The molecule has 0 bridgehead atoms. The second-order valence-electron chi connectivity index (χ2n) is 6.51. The maximum Gasteiger partial charge on any atom is 0.270 e. The van der Waals surface area contributed by atoms with Crippen molar-refractivity contribution in [2.45, 2.75) is 26.4 Å². The Kier molecular flexibility index (Phi) is 6.83. The Morgan fingerprint density at radius 1 is 1.33 bits per heavy atom. The molecular formula is C22H20ClN5O2. The number of halogens is 1. The first kappa shape index (κ1) is 21.1. The van der Waals surface area contributed by atoms with Crippen LogP contribution in [0, 0.1) is 11.3 Å². The molecule has 30 heavy (non-hydrogen) atoms. The largest absolute Gasteiger partial charge is 0.489 e. The van der Waals surface area contributed by atoms with E-state index < -0.39 is 5.56 Å². The van der Waals surface area contributed by atoms with Crippen molar-refractivity contribution in [3.05, 3.63) is 75.0 Å². The van der Waals surface area contributed by atoms with Gasteiger partial charge in [0.25, 0.3) is 5.56 Å². The lowest BCUT2D eigenvalue weighted by molar-refractivity contribution is 0.217. The standard InChI is InChI=1S/C22H20ClN5O2/c1-3-14(2)30-19-10-9-15(11-18(19)23)13-25-28-22-26-20(16-7-5-4-6-8-16)17(12-24)21(29)27-22/h4-11,13-14H,3H2,1-2H3,(H2,26,27,28,29). The first-order valence-electron chi connectivity index (χ1n) is 9.37. The van der Waals surface area contributed by atoms with Crippen LogP contribution < -0.4 is 15.7 Å². The van der Waals surface area contributed by atoms with E-state index in [1.165, 1.54) is 0 Å². The number of aromatic amines is 1. The van der Waals surface area contributed by atoms with Gasteiger partial charge in [0.05, 0.1) is 23.0 Å². The smallest absolute Gasteiger partial charge is 0.270 e.